The van der Waals surface area contributed by atoms with E-state index in [0.717, 1.165) is 18.6 Å². The van der Waals surface area contributed by atoms with Crippen molar-refractivity contribution in [3.05, 3.63) is 28.8 Å². The highest BCUT2D eigenvalue weighted by Crippen LogP contribution is 2.19. The number of piperidine rings is 1. The number of fused-ring (bicyclic) bond motifs is 1. The quantitative estimate of drug-likeness (QED) is 0.788. The van der Waals surface area contributed by atoms with Gasteiger partial charge in [-0.3, -0.25) is 0 Å². The topological polar surface area (TPSA) is 24.0 Å². The zero-order valence-electron chi connectivity index (χ0n) is 9.45. The molecule has 0 amide bonds. The van der Waals surface area contributed by atoms with Crippen LogP contribution in [0, 0.1) is 10.6 Å². The Morgan fingerprint density at radius 3 is 2.71 bits per heavy atom. The highest BCUT2D eigenvalue weighted by atomic mass is 32.1. The maximum atomic E-state index is 13.6. The van der Waals surface area contributed by atoms with E-state index in [1.54, 1.807) is 6.07 Å². The van der Waals surface area contributed by atoms with Gasteiger partial charge in [-0.15, -0.1) is 0 Å². The van der Waals surface area contributed by atoms with Crippen molar-refractivity contribution in [2.24, 2.45) is 0 Å². The van der Waals surface area contributed by atoms with Crippen LogP contribution < -0.4 is 5.01 Å². The lowest BCUT2D eigenvalue weighted by molar-refractivity contribution is 0.483. The molecular formula is C12H14FN3S. The number of aromatic nitrogens is 2. The fourth-order valence-corrected chi connectivity index (χ4v) is 2.76. The molecule has 3 nitrogen and oxygen atoms in total. The van der Waals surface area contributed by atoms with Gasteiger partial charge in [-0.05, 0) is 43.6 Å². The van der Waals surface area contributed by atoms with Gasteiger partial charge in [0.2, 0.25) is 0 Å². The van der Waals surface area contributed by atoms with Gasteiger partial charge in [0.1, 0.15) is 11.3 Å². The van der Waals surface area contributed by atoms with Crippen molar-refractivity contribution in [3.8, 4) is 0 Å². The Balaban J connectivity index is 2.18. The maximum absolute atomic E-state index is 13.6. The average molecular weight is 251 g/mol. The lowest BCUT2D eigenvalue weighted by Gasteiger charge is -2.29. The Morgan fingerprint density at radius 2 is 1.94 bits per heavy atom. The number of hydrogen-bond acceptors (Lipinski definition) is 2. The Hall–Kier alpha value is -1.36. The fourth-order valence-electron chi connectivity index (χ4n) is 2.44. The number of aromatic amines is 1. The van der Waals surface area contributed by atoms with Crippen LogP contribution in [0.2, 0.25) is 0 Å². The van der Waals surface area contributed by atoms with Gasteiger partial charge in [-0.25, -0.2) is 9.07 Å². The molecule has 0 radical (unpaired) electrons. The minimum atomic E-state index is -0.246. The van der Waals surface area contributed by atoms with E-state index < -0.39 is 0 Å². The third-order valence-corrected chi connectivity index (χ3v) is 3.53. The van der Waals surface area contributed by atoms with Crippen LogP contribution in [0.5, 0.6) is 0 Å². The van der Waals surface area contributed by atoms with Gasteiger partial charge in [0.05, 0.1) is 5.52 Å². The Labute approximate surface area is 104 Å². The predicted molar refractivity (Wildman–Crippen MR) is 68.9 cm³/mol. The van der Waals surface area contributed by atoms with Crippen LogP contribution in [0.1, 0.15) is 19.3 Å². The number of hydrogen-bond donors (Lipinski definition) is 1. The summed E-state index contributed by atoms with van der Waals surface area (Å²) in [5.74, 6) is -0.246. The Bertz CT molecular complexity index is 595. The second-order valence-corrected chi connectivity index (χ2v) is 4.78. The molecule has 1 aromatic carbocycles. The molecule has 1 aliphatic rings. The van der Waals surface area contributed by atoms with Crippen LogP contribution in [0.15, 0.2) is 18.2 Å². The minimum Gasteiger partial charge on any atom is -0.327 e. The van der Waals surface area contributed by atoms with Crippen LogP contribution >= 0.6 is 12.2 Å². The summed E-state index contributed by atoms with van der Waals surface area (Å²) >= 11 is 5.29. The number of para-hydroxylation sites is 1. The van der Waals surface area contributed by atoms with Gasteiger partial charge < -0.3 is 9.99 Å². The average Bonchev–Trinajstić information content (AvgIpc) is 2.68. The molecule has 0 unspecified atom stereocenters. The normalized spacial score (nSPS) is 16.6. The van der Waals surface area contributed by atoms with E-state index >= 15 is 0 Å². The SMILES string of the molecule is Fc1cccc2c1[nH]c(=S)n2N1CCCCC1. The number of imidazole rings is 1. The summed E-state index contributed by atoms with van der Waals surface area (Å²) in [6, 6.07) is 5.08. The molecule has 1 aliphatic heterocycles. The standard InChI is InChI=1S/C12H14FN3S/c13-9-5-4-6-10-11(9)14-12(17)16(10)15-7-2-1-3-8-15/h4-6H,1-3,7-8H2,(H,14,17). The summed E-state index contributed by atoms with van der Waals surface area (Å²) in [5, 5.41) is 2.20. The van der Waals surface area contributed by atoms with Crippen LogP contribution in [0.25, 0.3) is 11.0 Å². The fraction of sp³-hybridized carbons (Fsp3) is 0.417. The van der Waals surface area contributed by atoms with Crippen molar-refractivity contribution in [1.82, 2.24) is 9.66 Å². The van der Waals surface area contributed by atoms with E-state index in [9.17, 15) is 4.39 Å². The third kappa shape index (κ3) is 1.74. The molecule has 1 saturated heterocycles. The zero-order valence-corrected chi connectivity index (χ0v) is 10.3. The van der Waals surface area contributed by atoms with Crippen molar-refractivity contribution in [2.45, 2.75) is 19.3 Å². The highest BCUT2D eigenvalue weighted by molar-refractivity contribution is 7.71. The lowest BCUT2D eigenvalue weighted by Crippen LogP contribution is -2.39. The number of nitrogens with one attached hydrogen (secondary N) is 1. The minimum absolute atomic E-state index is 0.246. The Kier molecular flexibility index (Phi) is 2.63. The second kappa shape index (κ2) is 4.14. The van der Waals surface area contributed by atoms with Gasteiger partial charge in [0, 0.05) is 13.1 Å². The number of nitrogens with zero attached hydrogens (tertiary/aromatic N) is 2. The molecule has 5 heteroatoms. The van der Waals surface area contributed by atoms with E-state index in [-0.39, 0.29) is 5.82 Å². The molecule has 17 heavy (non-hydrogen) atoms. The molecule has 0 aliphatic carbocycles. The number of H-pyrrole nitrogens is 1. The molecule has 0 atom stereocenters. The second-order valence-electron chi connectivity index (χ2n) is 4.39. The molecule has 1 aromatic heterocycles. The van der Waals surface area contributed by atoms with Crippen LogP contribution in [-0.2, 0) is 0 Å². The smallest absolute Gasteiger partial charge is 0.197 e. The lowest BCUT2D eigenvalue weighted by atomic mass is 10.2. The summed E-state index contributed by atoms with van der Waals surface area (Å²) in [6.07, 6.45) is 3.61. The van der Waals surface area contributed by atoms with E-state index in [0.29, 0.717) is 10.3 Å². The van der Waals surface area contributed by atoms with Gasteiger partial charge in [-0.1, -0.05) is 6.07 Å². The van der Waals surface area contributed by atoms with Crippen LogP contribution in [0.3, 0.4) is 0 Å². The summed E-state index contributed by atoms with van der Waals surface area (Å²) in [6.45, 7) is 1.97. The van der Waals surface area contributed by atoms with E-state index in [1.807, 2.05) is 10.7 Å². The number of benzene rings is 1. The molecule has 0 spiro atoms. The monoisotopic (exact) mass is 251 g/mol. The third-order valence-electron chi connectivity index (χ3n) is 3.26. The molecule has 1 N–H and O–H groups in total. The molecule has 1 fully saturated rings. The molecule has 90 valence electrons. The van der Waals surface area contributed by atoms with Crippen molar-refractivity contribution >= 4 is 23.3 Å². The van der Waals surface area contributed by atoms with Gasteiger partial charge in [0.15, 0.2) is 4.77 Å². The van der Waals surface area contributed by atoms with Gasteiger partial charge >= 0.3 is 0 Å². The first-order chi connectivity index (χ1) is 8.27. The largest absolute Gasteiger partial charge is 0.327 e. The van der Waals surface area contributed by atoms with E-state index in [2.05, 4.69) is 9.99 Å². The van der Waals surface area contributed by atoms with Crippen LogP contribution in [-0.4, -0.2) is 22.7 Å². The molecule has 2 aromatic rings. The van der Waals surface area contributed by atoms with Crippen molar-refractivity contribution in [3.63, 3.8) is 0 Å². The van der Waals surface area contributed by atoms with Crippen molar-refractivity contribution < 1.29 is 4.39 Å². The number of halogens is 1. The summed E-state index contributed by atoms with van der Waals surface area (Å²) in [4.78, 5) is 2.95. The van der Waals surface area contributed by atoms with Gasteiger partial charge in [-0.2, -0.15) is 0 Å². The number of rotatable bonds is 1. The van der Waals surface area contributed by atoms with E-state index in [4.69, 9.17) is 12.2 Å². The molecule has 0 saturated carbocycles. The molecule has 2 heterocycles. The van der Waals surface area contributed by atoms with Gasteiger partial charge in [0.25, 0.3) is 0 Å². The molecule has 3 rings (SSSR count). The molecule has 0 bridgehead atoms. The molecular weight excluding hydrogens is 237 g/mol. The van der Waals surface area contributed by atoms with Crippen LogP contribution in [0.4, 0.5) is 4.39 Å². The van der Waals surface area contributed by atoms with E-state index in [1.165, 1.54) is 25.3 Å². The van der Waals surface area contributed by atoms with Crippen molar-refractivity contribution in [2.75, 3.05) is 18.1 Å². The first-order valence-corrected chi connectivity index (χ1v) is 6.33. The maximum Gasteiger partial charge on any atom is 0.197 e. The summed E-state index contributed by atoms with van der Waals surface area (Å²) in [7, 11) is 0. The van der Waals surface area contributed by atoms with Crippen molar-refractivity contribution in [1.29, 1.82) is 0 Å². The summed E-state index contributed by atoms with van der Waals surface area (Å²) < 4.78 is 16.2. The highest BCUT2D eigenvalue weighted by Gasteiger charge is 2.15. The predicted octanol–water partition coefficient (Wildman–Crippen LogP) is 2.96. The first-order valence-electron chi connectivity index (χ1n) is 5.92. The Morgan fingerprint density at radius 1 is 1.18 bits per heavy atom. The summed E-state index contributed by atoms with van der Waals surface area (Å²) in [5.41, 5.74) is 1.33. The first kappa shape index (κ1) is 10.8. The zero-order chi connectivity index (χ0) is 11.8.